The summed E-state index contributed by atoms with van der Waals surface area (Å²) in [5.74, 6) is 0.451. The van der Waals surface area contributed by atoms with Crippen LogP contribution in [-0.4, -0.2) is 18.0 Å². The number of amides is 1. The van der Waals surface area contributed by atoms with Crippen molar-refractivity contribution in [2.75, 3.05) is 12.5 Å². The zero-order chi connectivity index (χ0) is 15.5. The molecule has 0 aliphatic carbocycles. The fourth-order valence-corrected chi connectivity index (χ4v) is 2.97. The van der Waals surface area contributed by atoms with Crippen LogP contribution in [0.4, 0.5) is 5.13 Å². The molecule has 0 radical (unpaired) electrons. The van der Waals surface area contributed by atoms with Crippen molar-refractivity contribution in [2.45, 2.75) is 0 Å². The minimum atomic E-state index is -0.250. The summed E-state index contributed by atoms with van der Waals surface area (Å²) < 4.78 is 6.01. The number of ether oxygens (including phenoxy) is 1. The second-order valence-corrected chi connectivity index (χ2v) is 5.91. The van der Waals surface area contributed by atoms with E-state index in [0.29, 0.717) is 21.5 Å². The first-order chi connectivity index (χ1) is 10.7. The molecule has 0 aliphatic rings. The lowest BCUT2D eigenvalue weighted by atomic mass is 10.2. The molecule has 3 aromatic rings. The first-order valence-corrected chi connectivity index (χ1v) is 7.61. The summed E-state index contributed by atoms with van der Waals surface area (Å²) in [6.45, 7) is 0. The fraction of sp³-hybridized carbons (Fsp3) is 0.0667. The number of halogens is 1. The Labute approximate surface area is 135 Å². The highest BCUT2D eigenvalue weighted by Gasteiger charge is 2.08. The number of nitrogens with zero attached hydrogens (tertiary/aromatic N) is 1. The van der Waals surface area contributed by atoms with E-state index in [4.69, 9.17) is 16.3 Å². The third-order valence-electron chi connectivity index (χ3n) is 2.99. The van der Waals surface area contributed by atoms with Crippen LogP contribution in [0, 0.1) is 0 Å². The zero-order valence-electron chi connectivity index (χ0n) is 11.6. The van der Waals surface area contributed by atoms with Gasteiger partial charge in [0.1, 0.15) is 5.75 Å². The van der Waals surface area contributed by atoms with Crippen LogP contribution >= 0.6 is 22.9 Å². The number of nitrogens with one attached hydrogen (secondary N) is 2. The van der Waals surface area contributed by atoms with E-state index in [0.717, 1.165) is 10.2 Å². The standard InChI is InChI=1S/C15H12ClN3O2S/c1-21-11-5-2-9(3-6-11)14(20)18-19-15-17-12-7-4-10(16)8-13(12)22-15/h2-8H,1H3,(H,17,19)(H,18,20). The fourth-order valence-electron chi connectivity index (χ4n) is 1.88. The van der Waals surface area contributed by atoms with Crippen molar-refractivity contribution in [3.05, 3.63) is 53.1 Å². The summed E-state index contributed by atoms with van der Waals surface area (Å²) in [6, 6.07) is 12.3. The molecule has 3 rings (SSSR count). The van der Waals surface area contributed by atoms with Crippen LogP contribution in [-0.2, 0) is 0 Å². The lowest BCUT2D eigenvalue weighted by molar-refractivity contribution is 0.0962. The smallest absolute Gasteiger partial charge is 0.269 e. The molecule has 112 valence electrons. The number of thiazole rings is 1. The molecule has 0 saturated heterocycles. The highest BCUT2D eigenvalue weighted by molar-refractivity contribution is 7.22. The summed E-state index contributed by atoms with van der Waals surface area (Å²) in [5.41, 5.74) is 6.78. The molecule has 0 atom stereocenters. The average molecular weight is 334 g/mol. The van der Waals surface area contributed by atoms with Gasteiger partial charge >= 0.3 is 0 Å². The highest BCUT2D eigenvalue weighted by atomic mass is 35.5. The minimum absolute atomic E-state index is 0.250. The first-order valence-electron chi connectivity index (χ1n) is 6.42. The second kappa shape index (κ2) is 6.21. The molecule has 0 fully saturated rings. The molecule has 1 aromatic heterocycles. The Balaban J connectivity index is 1.68. The van der Waals surface area contributed by atoms with Gasteiger partial charge in [-0.1, -0.05) is 22.9 Å². The van der Waals surface area contributed by atoms with Gasteiger partial charge in [0.25, 0.3) is 5.91 Å². The summed E-state index contributed by atoms with van der Waals surface area (Å²) in [6.07, 6.45) is 0. The molecule has 7 heteroatoms. The molecule has 0 unspecified atom stereocenters. The quantitative estimate of drug-likeness (QED) is 0.714. The Kier molecular flexibility index (Phi) is 4.13. The lowest BCUT2D eigenvalue weighted by Gasteiger charge is -2.06. The Bertz CT molecular complexity index is 817. The first kappa shape index (κ1) is 14.6. The predicted octanol–water partition coefficient (Wildman–Crippen LogP) is 3.72. The van der Waals surface area contributed by atoms with E-state index in [1.54, 1.807) is 37.4 Å². The summed E-state index contributed by atoms with van der Waals surface area (Å²) in [5, 5.41) is 1.25. The normalized spacial score (nSPS) is 10.5. The molecule has 5 nitrogen and oxygen atoms in total. The molecule has 2 N–H and O–H groups in total. The van der Waals surface area contributed by atoms with Gasteiger partial charge in [0.2, 0.25) is 5.13 Å². The molecular weight excluding hydrogens is 322 g/mol. The molecule has 0 spiro atoms. The number of carbonyl (C=O) groups is 1. The second-order valence-electron chi connectivity index (χ2n) is 4.44. The molecule has 22 heavy (non-hydrogen) atoms. The Morgan fingerprint density at radius 2 is 2.00 bits per heavy atom. The molecular formula is C15H12ClN3O2S. The van der Waals surface area contributed by atoms with Crippen molar-refractivity contribution >= 4 is 44.2 Å². The number of methoxy groups -OCH3 is 1. The van der Waals surface area contributed by atoms with Crippen LogP contribution in [0.15, 0.2) is 42.5 Å². The van der Waals surface area contributed by atoms with Crippen molar-refractivity contribution in [1.82, 2.24) is 10.4 Å². The number of aromatic nitrogens is 1. The summed E-state index contributed by atoms with van der Waals surface area (Å²) in [4.78, 5) is 16.4. The Hall–Kier alpha value is -2.31. The largest absolute Gasteiger partial charge is 0.497 e. The topological polar surface area (TPSA) is 63.2 Å². The maximum Gasteiger partial charge on any atom is 0.269 e. The average Bonchev–Trinajstić information content (AvgIpc) is 2.94. The van der Waals surface area contributed by atoms with E-state index < -0.39 is 0 Å². The highest BCUT2D eigenvalue weighted by Crippen LogP contribution is 2.27. The van der Waals surface area contributed by atoms with E-state index in [-0.39, 0.29) is 5.91 Å². The van der Waals surface area contributed by atoms with Crippen molar-refractivity contribution in [3.63, 3.8) is 0 Å². The number of hydrogen-bond acceptors (Lipinski definition) is 5. The van der Waals surface area contributed by atoms with Gasteiger partial charge in [0.15, 0.2) is 0 Å². The number of anilines is 1. The van der Waals surface area contributed by atoms with Gasteiger partial charge in [0, 0.05) is 10.6 Å². The number of hydrazine groups is 1. The minimum Gasteiger partial charge on any atom is -0.497 e. The predicted molar refractivity (Wildman–Crippen MR) is 88.7 cm³/mol. The van der Waals surface area contributed by atoms with E-state index in [9.17, 15) is 4.79 Å². The van der Waals surface area contributed by atoms with Gasteiger partial charge in [-0.3, -0.25) is 15.6 Å². The van der Waals surface area contributed by atoms with Crippen LogP contribution in [0.25, 0.3) is 10.2 Å². The summed E-state index contributed by atoms with van der Waals surface area (Å²) in [7, 11) is 1.58. The molecule has 2 aromatic carbocycles. The van der Waals surface area contributed by atoms with Crippen LogP contribution < -0.4 is 15.6 Å². The number of hydrogen-bond donors (Lipinski definition) is 2. The third kappa shape index (κ3) is 3.13. The third-order valence-corrected chi connectivity index (χ3v) is 4.15. The SMILES string of the molecule is COc1ccc(C(=O)NNc2nc3ccc(Cl)cc3s2)cc1. The molecule has 0 aliphatic heterocycles. The van der Waals surface area contributed by atoms with Crippen molar-refractivity contribution in [1.29, 1.82) is 0 Å². The maximum atomic E-state index is 12.0. The van der Waals surface area contributed by atoms with Crippen LogP contribution in [0.1, 0.15) is 10.4 Å². The molecule has 0 saturated carbocycles. The molecule has 1 heterocycles. The summed E-state index contributed by atoms with van der Waals surface area (Å²) >= 11 is 7.35. The van der Waals surface area contributed by atoms with Crippen molar-refractivity contribution in [3.8, 4) is 5.75 Å². The van der Waals surface area contributed by atoms with E-state index >= 15 is 0 Å². The lowest BCUT2D eigenvalue weighted by Crippen LogP contribution is -2.29. The number of rotatable bonds is 4. The Morgan fingerprint density at radius 1 is 1.23 bits per heavy atom. The number of carbonyl (C=O) groups excluding carboxylic acids is 1. The van der Waals surface area contributed by atoms with Crippen LogP contribution in [0.3, 0.4) is 0 Å². The van der Waals surface area contributed by atoms with E-state index in [2.05, 4.69) is 15.8 Å². The molecule has 0 bridgehead atoms. The van der Waals surface area contributed by atoms with Crippen molar-refractivity contribution in [2.24, 2.45) is 0 Å². The van der Waals surface area contributed by atoms with E-state index in [1.807, 2.05) is 12.1 Å². The van der Waals surface area contributed by atoms with Crippen molar-refractivity contribution < 1.29 is 9.53 Å². The number of benzene rings is 2. The van der Waals surface area contributed by atoms with E-state index in [1.165, 1.54) is 11.3 Å². The van der Waals surface area contributed by atoms with Crippen LogP contribution in [0.5, 0.6) is 5.75 Å². The van der Waals surface area contributed by atoms with Crippen LogP contribution in [0.2, 0.25) is 5.02 Å². The van der Waals surface area contributed by atoms with Gasteiger partial charge < -0.3 is 4.74 Å². The van der Waals surface area contributed by atoms with Gasteiger partial charge in [-0.15, -0.1) is 0 Å². The Morgan fingerprint density at radius 3 is 2.73 bits per heavy atom. The van der Waals surface area contributed by atoms with Gasteiger partial charge in [-0.2, -0.15) is 0 Å². The van der Waals surface area contributed by atoms with Gasteiger partial charge in [0.05, 0.1) is 17.3 Å². The number of fused-ring (bicyclic) bond motifs is 1. The monoisotopic (exact) mass is 333 g/mol. The maximum absolute atomic E-state index is 12.0. The molecule has 1 amide bonds. The zero-order valence-corrected chi connectivity index (χ0v) is 13.2. The van der Waals surface area contributed by atoms with Gasteiger partial charge in [-0.05, 0) is 42.5 Å². The van der Waals surface area contributed by atoms with Gasteiger partial charge in [-0.25, -0.2) is 4.98 Å².